The van der Waals surface area contributed by atoms with Gasteiger partial charge < -0.3 is 15.2 Å². The molecular formula is C13H23N5O. The van der Waals surface area contributed by atoms with Crippen molar-refractivity contribution in [3.8, 4) is 0 Å². The maximum Gasteiger partial charge on any atom is 0.243 e. The minimum absolute atomic E-state index is 0.0740. The second kappa shape index (κ2) is 5.19. The molecule has 1 aromatic heterocycles. The van der Waals surface area contributed by atoms with Crippen LogP contribution in [0.25, 0.3) is 0 Å². The SMILES string of the molecule is CN1CCCN(C)C(c2noc(C(N)C3CC3)n2)C1. The molecule has 2 aliphatic rings. The lowest BCUT2D eigenvalue weighted by molar-refractivity contribution is 0.214. The van der Waals surface area contributed by atoms with Gasteiger partial charge in [0.25, 0.3) is 0 Å². The Morgan fingerprint density at radius 3 is 2.84 bits per heavy atom. The van der Waals surface area contributed by atoms with Gasteiger partial charge in [-0.1, -0.05) is 5.16 Å². The molecular weight excluding hydrogens is 242 g/mol. The lowest BCUT2D eigenvalue weighted by Gasteiger charge is -2.24. The zero-order valence-electron chi connectivity index (χ0n) is 11.7. The van der Waals surface area contributed by atoms with Gasteiger partial charge in [0.1, 0.15) is 0 Å². The molecule has 6 nitrogen and oxygen atoms in total. The standard InChI is InChI=1S/C13H23N5O/c1-17-6-3-7-18(2)10(8-17)12-15-13(19-16-12)11(14)9-4-5-9/h9-11H,3-8,14H2,1-2H3. The summed E-state index contributed by atoms with van der Waals surface area (Å²) in [7, 11) is 4.27. The van der Waals surface area contributed by atoms with Gasteiger partial charge in [0.05, 0.1) is 12.1 Å². The van der Waals surface area contributed by atoms with Crippen LogP contribution in [0, 0.1) is 5.92 Å². The van der Waals surface area contributed by atoms with Crippen molar-refractivity contribution in [2.24, 2.45) is 11.7 Å². The Hall–Kier alpha value is -0.980. The first kappa shape index (κ1) is 13.0. The van der Waals surface area contributed by atoms with E-state index in [1.165, 1.54) is 19.3 Å². The minimum Gasteiger partial charge on any atom is -0.338 e. The predicted molar refractivity (Wildman–Crippen MR) is 71.4 cm³/mol. The van der Waals surface area contributed by atoms with Crippen molar-refractivity contribution < 1.29 is 4.52 Å². The highest BCUT2D eigenvalue weighted by Crippen LogP contribution is 2.39. The van der Waals surface area contributed by atoms with E-state index in [-0.39, 0.29) is 12.1 Å². The Kier molecular flexibility index (Phi) is 3.56. The second-order valence-corrected chi connectivity index (χ2v) is 5.97. The van der Waals surface area contributed by atoms with Crippen molar-refractivity contribution in [2.75, 3.05) is 33.7 Å². The van der Waals surface area contributed by atoms with Crippen LogP contribution in [0.2, 0.25) is 0 Å². The third kappa shape index (κ3) is 2.80. The molecule has 3 rings (SSSR count). The number of rotatable bonds is 3. The van der Waals surface area contributed by atoms with Gasteiger partial charge in [-0.2, -0.15) is 4.98 Å². The Bertz CT molecular complexity index is 430. The first-order chi connectivity index (χ1) is 9.15. The van der Waals surface area contributed by atoms with E-state index in [1.54, 1.807) is 0 Å². The Morgan fingerprint density at radius 2 is 2.11 bits per heavy atom. The first-order valence-electron chi connectivity index (χ1n) is 7.13. The number of aromatic nitrogens is 2. The lowest BCUT2D eigenvalue weighted by atomic mass is 10.2. The van der Waals surface area contributed by atoms with Gasteiger partial charge in [-0.25, -0.2) is 0 Å². The van der Waals surface area contributed by atoms with Gasteiger partial charge in [0, 0.05) is 6.54 Å². The van der Waals surface area contributed by atoms with E-state index >= 15 is 0 Å². The van der Waals surface area contributed by atoms with Crippen LogP contribution in [0.4, 0.5) is 0 Å². The molecule has 2 fully saturated rings. The topological polar surface area (TPSA) is 71.4 Å². The maximum absolute atomic E-state index is 6.12. The fourth-order valence-corrected chi connectivity index (χ4v) is 2.73. The third-order valence-corrected chi connectivity index (χ3v) is 4.24. The first-order valence-corrected chi connectivity index (χ1v) is 7.13. The summed E-state index contributed by atoms with van der Waals surface area (Å²) < 4.78 is 5.37. The van der Waals surface area contributed by atoms with Crippen LogP contribution in [-0.2, 0) is 0 Å². The summed E-state index contributed by atoms with van der Waals surface area (Å²) >= 11 is 0. The zero-order valence-corrected chi connectivity index (χ0v) is 11.7. The Morgan fingerprint density at radius 1 is 1.32 bits per heavy atom. The van der Waals surface area contributed by atoms with Crippen molar-refractivity contribution in [3.05, 3.63) is 11.7 Å². The van der Waals surface area contributed by atoms with Crippen LogP contribution in [-0.4, -0.2) is 53.7 Å². The van der Waals surface area contributed by atoms with Gasteiger partial charge in [-0.05, 0) is 52.4 Å². The van der Waals surface area contributed by atoms with E-state index in [9.17, 15) is 0 Å². The summed E-state index contributed by atoms with van der Waals surface area (Å²) in [4.78, 5) is 9.18. The van der Waals surface area contributed by atoms with Gasteiger partial charge in [0.15, 0.2) is 5.82 Å². The van der Waals surface area contributed by atoms with Crippen molar-refractivity contribution >= 4 is 0 Å². The molecule has 0 aromatic carbocycles. The second-order valence-electron chi connectivity index (χ2n) is 5.97. The molecule has 1 saturated carbocycles. The summed E-state index contributed by atoms with van der Waals surface area (Å²) in [5, 5.41) is 4.16. The average molecular weight is 265 g/mol. The molecule has 2 heterocycles. The molecule has 0 radical (unpaired) electrons. The molecule has 2 atom stereocenters. The molecule has 2 unspecified atom stereocenters. The molecule has 106 valence electrons. The van der Waals surface area contributed by atoms with Gasteiger partial charge in [-0.15, -0.1) is 0 Å². The summed E-state index contributed by atoms with van der Waals surface area (Å²) in [6.07, 6.45) is 3.55. The van der Waals surface area contributed by atoms with Crippen molar-refractivity contribution in [1.29, 1.82) is 0 Å². The van der Waals surface area contributed by atoms with Crippen LogP contribution < -0.4 is 5.73 Å². The Balaban J connectivity index is 1.76. The number of likely N-dealkylation sites (N-methyl/N-ethyl adjacent to an activating group) is 2. The Labute approximate surface area is 113 Å². The van der Waals surface area contributed by atoms with Crippen LogP contribution in [0.3, 0.4) is 0 Å². The van der Waals surface area contributed by atoms with Crippen molar-refractivity contribution in [1.82, 2.24) is 19.9 Å². The number of nitrogens with zero attached hydrogens (tertiary/aromatic N) is 4. The molecule has 1 aliphatic carbocycles. The molecule has 6 heteroatoms. The van der Waals surface area contributed by atoms with E-state index < -0.39 is 0 Å². The molecule has 0 amide bonds. The summed E-state index contributed by atoms with van der Waals surface area (Å²) in [5.74, 6) is 1.93. The maximum atomic E-state index is 6.12. The summed E-state index contributed by atoms with van der Waals surface area (Å²) in [6.45, 7) is 3.12. The molecule has 19 heavy (non-hydrogen) atoms. The number of hydrogen-bond acceptors (Lipinski definition) is 6. The third-order valence-electron chi connectivity index (χ3n) is 4.24. The molecule has 1 aromatic rings. The van der Waals surface area contributed by atoms with E-state index in [0.717, 1.165) is 25.5 Å². The molecule has 2 N–H and O–H groups in total. The van der Waals surface area contributed by atoms with Crippen LogP contribution in [0.5, 0.6) is 0 Å². The van der Waals surface area contributed by atoms with Crippen molar-refractivity contribution in [2.45, 2.75) is 31.3 Å². The smallest absolute Gasteiger partial charge is 0.243 e. The molecule has 1 aliphatic heterocycles. The van der Waals surface area contributed by atoms with Crippen LogP contribution in [0.15, 0.2) is 4.52 Å². The largest absolute Gasteiger partial charge is 0.338 e. The van der Waals surface area contributed by atoms with E-state index in [2.05, 4.69) is 34.0 Å². The van der Waals surface area contributed by atoms with Gasteiger partial charge >= 0.3 is 0 Å². The minimum atomic E-state index is -0.0740. The highest BCUT2D eigenvalue weighted by Gasteiger charge is 2.34. The van der Waals surface area contributed by atoms with Crippen LogP contribution >= 0.6 is 0 Å². The molecule has 0 spiro atoms. The fraction of sp³-hybridized carbons (Fsp3) is 0.846. The molecule has 1 saturated heterocycles. The van der Waals surface area contributed by atoms with E-state index in [0.29, 0.717) is 11.8 Å². The number of hydrogen-bond donors (Lipinski definition) is 1. The normalized spacial score (nSPS) is 28.3. The van der Waals surface area contributed by atoms with E-state index in [1.807, 2.05) is 0 Å². The number of nitrogens with two attached hydrogens (primary N) is 1. The highest BCUT2D eigenvalue weighted by molar-refractivity contribution is 5.02. The lowest BCUT2D eigenvalue weighted by Crippen LogP contribution is -2.31. The van der Waals surface area contributed by atoms with Gasteiger partial charge in [-0.3, -0.25) is 4.90 Å². The van der Waals surface area contributed by atoms with Crippen LogP contribution in [0.1, 0.15) is 43.1 Å². The highest BCUT2D eigenvalue weighted by atomic mass is 16.5. The summed E-state index contributed by atoms with van der Waals surface area (Å²) in [5.41, 5.74) is 6.12. The summed E-state index contributed by atoms with van der Waals surface area (Å²) in [6, 6.07) is 0.131. The fourth-order valence-electron chi connectivity index (χ4n) is 2.73. The van der Waals surface area contributed by atoms with Crippen molar-refractivity contribution in [3.63, 3.8) is 0 Å². The quantitative estimate of drug-likeness (QED) is 0.871. The molecule has 0 bridgehead atoms. The van der Waals surface area contributed by atoms with E-state index in [4.69, 9.17) is 10.3 Å². The predicted octanol–water partition coefficient (Wildman–Crippen LogP) is 0.788. The van der Waals surface area contributed by atoms with Gasteiger partial charge in [0.2, 0.25) is 5.89 Å². The zero-order chi connectivity index (χ0) is 13.4. The average Bonchev–Trinajstić information content (AvgIpc) is 3.14. The monoisotopic (exact) mass is 265 g/mol.